The first-order chi connectivity index (χ1) is 15.7. The zero-order chi connectivity index (χ0) is 23.6. The minimum absolute atomic E-state index is 0. The maximum absolute atomic E-state index is 14.0. The Morgan fingerprint density at radius 2 is 1.71 bits per heavy atom. The molecule has 1 aliphatic carbocycles. The number of carbonyl (C=O) groups is 1. The molecule has 1 aliphatic heterocycles. The van der Waals surface area contributed by atoms with E-state index in [4.69, 9.17) is 0 Å². The van der Waals surface area contributed by atoms with Gasteiger partial charge in [-0.15, -0.1) is 17.5 Å². The van der Waals surface area contributed by atoms with Crippen LogP contribution in [0.4, 0.5) is 8.78 Å². The van der Waals surface area contributed by atoms with Crippen LogP contribution in [0.5, 0.6) is 0 Å². The van der Waals surface area contributed by atoms with Crippen molar-refractivity contribution >= 4 is 28.3 Å². The number of hydrogen-bond donors (Lipinski definition) is 1. The summed E-state index contributed by atoms with van der Waals surface area (Å²) in [4.78, 5) is 14.8. The monoisotopic (exact) mass is 518 g/mol. The highest BCUT2D eigenvalue weighted by molar-refractivity contribution is 7.89. The highest BCUT2D eigenvalue weighted by atomic mass is 35.5. The van der Waals surface area contributed by atoms with Gasteiger partial charge in [-0.05, 0) is 25.0 Å². The average Bonchev–Trinajstić information content (AvgIpc) is 3.25. The minimum Gasteiger partial charge on any atom is -0.350 e. The second-order valence-corrected chi connectivity index (χ2v) is 10.6. The van der Waals surface area contributed by atoms with Crippen molar-refractivity contribution < 1.29 is 22.0 Å². The number of hydrogen-bond acceptors (Lipinski definition) is 6. The van der Waals surface area contributed by atoms with E-state index in [1.807, 2.05) is 0 Å². The molecule has 2 aliphatic rings. The number of amides is 1. The lowest BCUT2D eigenvalue weighted by Crippen LogP contribution is -2.62. The molecule has 0 spiro atoms. The number of aryl methyl sites for hydroxylation is 1. The van der Waals surface area contributed by atoms with E-state index in [-0.39, 0.29) is 42.6 Å². The quantitative estimate of drug-likeness (QED) is 0.627. The van der Waals surface area contributed by atoms with Gasteiger partial charge in [0.25, 0.3) is 15.9 Å². The highest BCUT2D eigenvalue weighted by Crippen LogP contribution is 2.34. The van der Waals surface area contributed by atoms with E-state index in [0.717, 1.165) is 44.2 Å². The number of benzene rings is 1. The average molecular weight is 519 g/mol. The van der Waals surface area contributed by atoms with Crippen LogP contribution in [0.15, 0.2) is 29.4 Å². The van der Waals surface area contributed by atoms with Gasteiger partial charge in [0.1, 0.15) is 17.2 Å². The lowest BCUT2D eigenvalue weighted by Gasteiger charge is -2.49. The second-order valence-electron chi connectivity index (χ2n) is 8.69. The van der Waals surface area contributed by atoms with Crippen LogP contribution in [-0.2, 0) is 17.1 Å². The fraction of sp³-hybridized carbons (Fsp3) is 0.571. The molecule has 1 aromatic heterocycles. The third-order valence-corrected chi connectivity index (χ3v) is 8.41. The van der Waals surface area contributed by atoms with Crippen molar-refractivity contribution in [3.63, 3.8) is 0 Å². The van der Waals surface area contributed by atoms with E-state index in [9.17, 15) is 22.0 Å². The van der Waals surface area contributed by atoms with E-state index < -0.39 is 33.1 Å². The van der Waals surface area contributed by atoms with Gasteiger partial charge in [0.15, 0.2) is 0 Å². The van der Waals surface area contributed by atoms with Crippen molar-refractivity contribution in [3.8, 4) is 0 Å². The van der Waals surface area contributed by atoms with E-state index in [2.05, 4.69) is 20.5 Å². The van der Waals surface area contributed by atoms with Crippen molar-refractivity contribution in [3.05, 3.63) is 41.6 Å². The van der Waals surface area contributed by atoms with Gasteiger partial charge in [-0.2, -0.15) is 4.31 Å². The van der Waals surface area contributed by atoms with Crippen molar-refractivity contribution in [2.75, 3.05) is 32.7 Å². The van der Waals surface area contributed by atoms with Gasteiger partial charge in [-0.1, -0.05) is 30.5 Å². The molecule has 1 N–H and O–H groups in total. The Balaban J connectivity index is 0.00000324. The normalized spacial score (nSPS) is 19.4. The van der Waals surface area contributed by atoms with Gasteiger partial charge in [0.2, 0.25) is 5.03 Å². The summed E-state index contributed by atoms with van der Waals surface area (Å²) >= 11 is 0. The number of piperazine rings is 1. The van der Waals surface area contributed by atoms with Gasteiger partial charge in [-0.25, -0.2) is 17.2 Å². The zero-order valence-electron chi connectivity index (χ0n) is 18.9. The molecule has 34 heavy (non-hydrogen) atoms. The molecule has 9 nitrogen and oxygen atoms in total. The van der Waals surface area contributed by atoms with Gasteiger partial charge < -0.3 is 5.32 Å². The predicted octanol–water partition coefficient (Wildman–Crippen LogP) is 1.95. The molecular weight excluding hydrogens is 490 g/mol. The molecule has 0 unspecified atom stereocenters. The van der Waals surface area contributed by atoms with Crippen LogP contribution in [-0.4, -0.2) is 76.8 Å². The Bertz CT molecular complexity index is 1100. The second kappa shape index (κ2) is 10.6. The third-order valence-electron chi connectivity index (χ3n) is 6.65. The fourth-order valence-electron chi connectivity index (χ4n) is 4.84. The topological polar surface area (TPSA) is 100 Å². The van der Waals surface area contributed by atoms with Crippen LogP contribution < -0.4 is 5.32 Å². The van der Waals surface area contributed by atoms with E-state index >= 15 is 0 Å². The Morgan fingerprint density at radius 3 is 2.26 bits per heavy atom. The molecule has 2 heterocycles. The third kappa shape index (κ3) is 5.24. The molecule has 0 atom stereocenters. The maximum Gasteiger partial charge on any atom is 0.264 e. The molecule has 1 aromatic carbocycles. The largest absolute Gasteiger partial charge is 0.350 e. The number of halogens is 3. The van der Waals surface area contributed by atoms with E-state index in [0.29, 0.717) is 13.1 Å². The van der Waals surface area contributed by atoms with Gasteiger partial charge in [0.05, 0.1) is 6.20 Å². The summed E-state index contributed by atoms with van der Waals surface area (Å²) in [6.45, 7) is 1.80. The van der Waals surface area contributed by atoms with Crippen LogP contribution in [0.1, 0.15) is 42.5 Å². The summed E-state index contributed by atoms with van der Waals surface area (Å²) in [5.74, 6) is -2.57. The van der Waals surface area contributed by atoms with Crippen molar-refractivity contribution in [1.82, 2.24) is 29.5 Å². The summed E-state index contributed by atoms with van der Waals surface area (Å²) < 4.78 is 56.5. The summed E-state index contributed by atoms with van der Waals surface area (Å²) in [7, 11) is -2.12. The Labute approximate surface area is 203 Å². The Hall–Kier alpha value is -2.15. The zero-order valence-corrected chi connectivity index (χ0v) is 20.5. The summed E-state index contributed by atoms with van der Waals surface area (Å²) in [6, 6.07) is 3.34. The molecular formula is C21H29ClF2N6O3S. The van der Waals surface area contributed by atoms with Crippen molar-refractivity contribution in [2.24, 2.45) is 7.05 Å². The molecule has 2 aromatic rings. The standard InChI is InChI=1S/C21H28F2N6O3S.ClH/c1-27-14-18(25-26-27)33(31,32)29-12-10-28(11-13-29)21(8-3-2-4-9-21)15-24-20(30)19-16(22)6-5-7-17(19)23;/h5-7,14H,2-4,8-13,15H2,1H3,(H,24,30);1H. The molecule has 4 rings (SSSR count). The fourth-order valence-corrected chi connectivity index (χ4v) is 6.18. The molecule has 188 valence electrons. The first-order valence-electron chi connectivity index (χ1n) is 11.1. The van der Waals surface area contributed by atoms with E-state index in [1.54, 1.807) is 7.05 Å². The van der Waals surface area contributed by atoms with Crippen LogP contribution in [0.25, 0.3) is 0 Å². The summed E-state index contributed by atoms with van der Waals surface area (Å²) in [5, 5.41) is 10.1. The number of nitrogens with zero attached hydrogens (tertiary/aromatic N) is 5. The van der Waals surface area contributed by atoms with Crippen LogP contribution >= 0.6 is 12.4 Å². The number of aromatic nitrogens is 3. The molecule has 13 heteroatoms. The van der Waals surface area contributed by atoms with Crippen LogP contribution in [0.2, 0.25) is 0 Å². The number of sulfonamides is 1. The summed E-state index contributed by atoms with van der Waals surface area (Å²) in [6.07, 6.45) is 6.05. The lowest BCUT2D eigenvalue weighted by atomic mass is 9.79. The first-order valence-corrected chi connectivity index (χ1v) is 12.5. The lowest BCUT2D eigenvalue weighted by molar-refractivity contribution is 0.0239. The highest BCUT2D eigenvalue weighted by Gasteiger charge is 2.41. The minimum atomic E-state index is -3.73. The predicted molar refractivity (Wildman–Crippen MR) is 123 cm³/mol. The number of rotatable bonds is 6. The molecule has 0 radical (unpaired) electrons. The molecule has 1 saturated heterocycles. The summed E-state index contributed by atoms with van der Waals surface area (Å²) in [5.41, 5.74) is -0.957. The van der Waals surface area contributed by atoms with Crippen LogP contribution in [0, 0.1) is 11.6 Å². The molecule has 2 fully saturated rings. The Kier molecular flexibility index (Phi) is 8.27. The smallest absolute Gasteiger partial charge is 0.264 e. The molecule has 1 amide bonds. The van der Waals surface area contributed by atoms with Crippen molar-refractivity contribution in [2.45, 2.75) is 42.7 Å². The Morgan fingerprint density at radius 1 is 1.09 bits per heavy atom. The van der Waals surface area contributed by atoms with Crippen molar-refractivity contribution in [1.29, 1.82) is 0 Å². The molecule has 1 saturated carbocycles. The van der Waals surface area contributed by atoms with Gasteiger partial charge in [-0.3, -0.25) is 14.4 Å². The van der Waals surface area contributed by atoms with E-state index in [1.165, 1.54) is 21.3 Å². The number of nitrogens with one attached hydrogen (secondary N) is 1. The first kappa shape index (κ1) is 26.5. The number of carbonyl (C=O) groups excluding carboxylic acids is 1. The van der Waals surface area contributed by atoms with Crippen LogP contribution in [0.3, 0.4) is 0 Å². The van der Waals surface area contributed by atoms with Gasteiger partial charge in [0, 0.05) is 45.3 Å². The SMILES string of the molecule is Cl.Cn1cc(S(=O)(=O)N2CCN(C3(CNC(=O)c4c(F)cccc4F)CCCCC3)CC2)nn1. The molecule has 0 bridgehead atoms. The maximum atomic E-state index is 14.0. The van der Waals surface area contributed by atoms with Gasteiger partial charge >= 0.3 is 0 Å².